The molecule has 7 nitrogen and oxygen atoms in total. The minimum Gasteiger partial charge on any atom is -0.490 e. The van der Waals surface area contributed by atoms with Crippen LogP contribution < -0.4 is 10.5 Å². The van der Waals surface area contributed by atoms with Gasteiger partial charge in [-0.1, -0.05) is 24.3 Å². The first kappa shape index (κ1) is 27.9. The number of likely N-dealkylation sites (tertiary alicyclic amines) is 2. The summed E-state index contributed by atoms with van der Waals surface area (Å²) in [6, 6.07) is 12.0. The minimum absolute atomic E-state index is 0.00771. The summed E-state index contributed by atoms with van der Waals surface area (Å²) in [6.07, 6.45) is 3.56. The van der Waals surface area contributed by atoms with Crippen molar-refractivity contribution in [1.29, 1.82) is 0 Å². The Morgan fingerprint density at radius 1 is 0.947 bits per heavy atom. The van der Waals surface area contributed by atoms with Gasteiger partial charge < -0.3 is 25.0 Å². The summed E-state index contributed by atoms with van der Waals surface area (Å²) in [6.45, 7) is 8.58. The fourth-order valence-electron chi connectivity index (χ4n) is 5.25. The Morgan fingerprint density at radius 2 is 1.58 bits per heavy atom. The smallest absolute Gasteiger partial charge is 0.410 e. The zero-order chi connectivity index (χ0) is 27.2. The third-order valence-corrected chi connectivity index (χ3v) is 7.54. The van der Waals surface area contributed by atoms with Crippen molar-refractivity contribution >= 4 is 12.0 Å². The van der Waals surface area contributed by atoms with Crippen molar-refractivity contribution in [3.8, 4) is 16.9 Å². The number of hydrogen-bond donors (Lipinski definition) is 1. The van der Waals surface area contributed by atoms with E-state index in [9.17, 15) is 14.0 Å². The van der Waals surface area contributed by atoms with Crippen LogP contribution in [-0.2, 0) is 16.0 Å². The van der Waals surface area contributed by atoms with E-state index >= 15 is 0 Å². The van der Waals surface area contributed by atoms with Crippen molar-refractivity contribution < 1.29 is 23.5 Å². The molecular formula is C30H40FN3O4. The summed E-state index contributed by atoms with van der Waals surface area (Å²) in [5.41, 5.74) is 8.18. The van der Waals surface area contributed by atoms with Crippen LogP contribution in [0.4, 0.5) is 9.18 Å². The van der Waals surface area contributed by atoms with E-state index in [2.05, 4.69) is 6.92 Å². The van der Waals surface area contributed by atoms with Crippen LogP contribution in [0.3, 0.4) is 0 Å². The highest BCUT2D eigenvalue weighted by Crippen LogP contribution is 2.28. The van der Waals surface area contributed by atoms with E-state index < -0.39 is 6.04 Å². The second-order valence-corrected chi connectivity index (χ2v) is 10.8. The van der Waals surface area contributed by atoms with Crippen molar-refractivity contribution in [3.63, 3.8) is 0 Å². The molecule has 0 saturated carbocycles. The molecule has 0 bridgehead atoms. The molecule has 0 radical (unpaired) electrons. The number of hydrogen-bond acceptors (Lipinski definition) is 5. The highest BCUT2D eigenvalue weighted by atomic mass is 19.1. The van der Waals surface area contributed by atoms with Crippen LogP contribution in [-0.4, -0.2) is 66.2 Å². The molecule has 4 rings (SSSR count). The summed E-state index contributed by atoms with van der Waals surface area (Å²) < 4.78 is 26.4. The lowest BCUT2D eigenvalue weighted by atomic mass is 9.92. The molecule has 2 aromatic carbocycles. The van der Waals surface area contributed by atoms with Gasteiger partial charge in [0, 0.05) is 26.2 Å². The number of nitrogens with zero attached hydrogens (tertiary/aromatic N) is 2. The van der Waals surface area contributed by atoms with Crippen molar-refractivity contribution in [2.75, 3.05) is 26.2 Å². The van der Waals surface area contributed by atoms with Gasteiger partial charge in [0.2, 0.25) is 5.91 Å². The standard InChI is InChI=1S/C30H40FN3O4/c1-20(2)37-30(36)34-16-12-22(13-17-34)21(3)38-26-10-8-23(9-11-26)24-6-7-25(27(31)18-24)19-28(32)29(35)33-14-4-5-15-33/h6-11,18,20-22,28H,4-5,12-17,19,32H2,1-3H3/t21-,28+/m1/s1. The number of amides is 2. The molecule has 2 amide bonds. The fraction of sp³-hybridized carbons (Fsp3) is 0.533. The Hall–Kier alpha value is -3.13. The monoisotopic (exact) mass is 525 g/mol. The largest absolute Gasteiger partial charge is 0.490 e. The summed E-state index contributed by atoms with van der Waals surface area (Å²) in [5, 5.41) is 0. The lowest BCUT2D eigenvalue weighted by Crippen LogP contribution is -2.43. The molecule has 2 fully saturated rings. The molecule has 0 unspecified atom stereocenters. The predicted octanol–water partition coefficient (Wildman–Crippen LogP) is 5.01. The second kappa shape index (κ2) is 12.6. The Morgan fingerprint density at radius 3 is 2.18 bits per heavy atom. The Labute approximate surface area is 225 Å². The number of nitrogens with two attached hydrogens (primary N) is 1. The van der Waals surface area contributed by atoms with Crippen molar-refractivity contribution in [3.05, 3.63) is 53.8 Å². The number of benzene rings is 2. The maximum absolute atomic E-state index is 14.9. The molecule has 2 aliphatic heterocycles. The molecule has 2 N–H and O–H groups in total. The van der Waals surface area contributed by atoms with Gasteiger partial charge in [-0.05, 0) is 93.7 Å². The molecule has 2 heterocycles. The first-order chi connectivity index (χ1) is 18.2. The van der Waals surface area contributed by atoms with Gasteiger partial charge in [-0.25, -0.2) is 9.18 Å². The van der Waals surface area contributed by atoms with Crippen LogP contribution in [0.15, 0.2) is 42.5 Å². The van der Waals surface area contributed by atoms with Gasteiger partial charge in [0.05, 0.1) is 18.2 Å². The first-order valence-corrected chi connectivity index (χ1v) is 13.8. The highest BCUT2D eigenvalue weighted by molar-refractivity contribution is 5.82. The summed E-state index contributed by atoms with van der Waals surface area (Å²) in [5.74, 6) is 0.647. The minimum atomic E-state index is -0.729. The zero-order valence-corrected chi connectivity index (χ0v) is 22.7. The predicted molar refractivity (Wildman–Crippen MR) is 145 cm³/mol. The van der Waals surface area contributed by atoms with Gasteiger partial charge in [-0.15, -0.1) is 0 Å². The number of piperidine rings is 1. The van der Waals surface area contributed by atoms with Gasteiger partial charge >= 0.3 is 6.09 Å². The lowest BCUT2D eigenvalue weighted by Gasteiger charge is -2.34. The number of halogens is 1. The summed E-state index contributed by atoms with van der Waals surface area (Å²) in [4.78, 5) is 28.1. The quantitative estimate of drug-likeness (QED) is 0.524. The molecule has 206 valence electrons. The summed E-state index contributed by atoms with van der Waals surface area (Å²) >= 11 is 0. The summed E-state index contributed by atoms with van der Waals surface area (Å²) in [7, 11) is 0. The molecule has 0 spiro atoms. The van der Waals surface area contributed by atoms with Crippen molar-refractivity contribution in [1.82, 2.24) is 9.80 Å². The van der Waals surface area contributed by atoms with Crippen molar-refractivity contribution in [2.24, 2.45) is 11.7 Å². The Bertz CT molecular complexity index is 1090. The highest BCUT2D eigenvalue weighted by Gasteiger charge is 2.28. The molecule has 38 heavy (non-hydrogen) atoms. The van der Waals surface area contributed by atoms with Crippen LogP contribution in [0, 0.1) is 11.7 Å². The van der Waals surface area contributed by atoms with Crippen LogP contribution in [0.1, 0.15) is 52.0 Å². The first-order valence-electron chi connectivity index (χ1n) is 13.8. The Kier molecular flexibility index (Phi) is 9.26. The second-order valence-electron chi connectivity index (χ2n) is 10.8. The fourth-order valence-corrected chi connectivity index (χ4v) is 5.25. The van der Waals surface area contributed by atoms with E-state index in [0.717, 1.165) is 55.6 Å². The number of ether oxygens (including phenoxy) is 2. The van der Waals surface area contributed by atoms with E-state index in [-0.39, 0.29) is 36.4 Å². The van der Waals surface area contributed by atoms with Gasteiger partial charge in [0.1, 0.15) is 11.6 Å². The van der Waals surface area contributed by atoms with Crippen molar-refractivity contribution in [2.45, 2.75) is 71.1 Å². The topological polar surface area (TPSA) is 85.1 Å². The molecule has 2 aromatic rings. The lowest BCUT2D eigenvalue weighted by molar-refractivity contribution is -0.131. The normalized spacial score (nSPS) is 17.9. The van der Waals surface area contributed by atoms with E-state index in [1.54, 1.807) is 15.9 Å². The Balaban J connectivity index is 1.29. The molecule has 2 saturated heterocycles. The molecule has 0 aromatic heterocycles. The molecule has 2 aliphatic rings. The molecule has 2 atom stereocenters. The third kappa shape index (κ3) is 7.04. The van der Waals surface area contributed by atoms with Gasteiger partial charge in [-0.2, -0.15) is 0 Å². The number of carbonyl (C=O) groups excluding carboxylic acids is 2. The SMILES string of the molecule is CC(C)OC(=O)N1CCC([C@@H](C)Oc2ccc(-c3ccc(C[C@H](N)C(=O)N4CCCC4)c(F)c3)cc2)CC1. The maximum atomic E-state index is 14.9. The maximum Gasteiger partial charge on any atom is 0.410 e. The van der Waals surface area contributed by atoms with Gasteiger partial charge in [0.15, 0.2) is 0 Å². The third-order valence-electron chi connectivity index (χ3n) is 7.54. The molecule has 8 heteroatoms. The zero-order valence-electron chi connectivity index (χ0n) is 22.7. The van der Waals surface area contributed by atoms with E-state index in [4.69, 9.17) is 15.2 Å². The molecular weight excluding hydrogens is 485 g/mol. The van der Waals surface area contributed by atoms with Crippen LogP contribution >= 0.6 is 0 Å². The van der Waals surface area contributed by atoms with Crippen LogP contribution in [0.2, 0.25) is 0 Å². The number of rotatable bonds is 8. The average Bonchev–Trinajstić information content (AvgIpc) is 3.44. The van der Waals surface area contributed by atoms with E-state index in [1.165, 1.54) is 6.07 Å². The van der Waals surface area contributed by atoms with Crippen LogP contribution in [0.25, 0.3) is 11.1 Å². The van der Waals surface area contributed by atoms with E-state index in [0.29, 0.717) is 24.6 Å². The van der Waals surface area contributed by atoms with E-state index in [1.807, 2.05) is 44.2 Å². The number of carbonyl (C=O) groups is 2. The van der Waals surface area contributed by atoms with Gasteiger partial charge in [-0.3, -0.25) is 4.79 Å². The van der Waals surface area contributed by atoms with Gasteiger partial charge in [0.25, 0.3) is 0 Å². The molecule has 0 aliphatic carbocycles. The average molecular weight is 526 g/mol. The van der Waals surface area contributed by atoms with Crippen LogP contribution in [0.5, 0.6) is 5.75 Å².